The number of amides is 1. The van der Waals surface area contributed by atoms with E-state index in [9.17, 15) is 18.4 Å². The van der Waals surface area contributed by atoms with Crippen LogP contribution in [0.4, 0.5) is 8.78 Å². The Balaban J connectivity index is 1.80. The van der Waals surface area contributed by atoms with Crippen molar-refractivity contribution in [3.05, 3.63) is 0 Å². The number of aliphatic carboxylic acids is 1. The molecule has 164 valence electrons. The minimum absolute atomic E-state index is 0.0615. The highest BCUT2D eigenvalue weighted by molar-refractivity contribution is 5.77. The fraction of sp³-hybridized carbons (Fsp3) is 0.905. The van der Waals surface area contributed by atoms with E-state index in [-0.39, 0.29) is 31.7 Å². The molecule has 0 aromatic heterocycles. The van der Waals surface area contributed by atoms with Gasteiger partial charge in [-0.3, -0.25) is 14.5 Å². The van der Waals surface area contributed by atoms with E-state index in [1.165, 1.54) is 38.5 Å². The molecule has 1 amide bonds. The molecule has 28 heavy (non-hydrogen) atoms. The molecule has 0 spiro atoms. The van der Waals surface area contributed by atoms with Gasteiger partial charge in [0.2, 0.25) is 5.91 Å². The van der Waals surface area contributed by atoms with Gasteiger partial charge in [0.05, 0.1) is 6.54 Å². The standard InChI is InChI=1S/C21H38F2N2O3/c22-21(23)13-16-25(17-14-21)18-19(26)24-15-11-9-7-5-3-1-2-4-6-8-10-12-20(27)28/h1-18H2,(H,24,26)(H,27,28). The maximum atomic E-state index is 13.1. The molecule has 0 saturated carbocycles. The van der Waals surface area contributed by atoms with Crippen molar-refractivity contribution in [2.75, 3.05) is 26.2 Å². The Hall–Kier alpha value is -1.24. The molecule has 0 atom stereocenters. The Labute approximate surface area is 168 Å². The quantitative estimate of drug-likeness (QED) is 0.369. The van der Waals surface area contributed by atoms with Crippen LogP contribution in [-0.2, 0) is 9.59 Å². The fourth-order valence-corrected chi connectivity index (χ4v) is 3.52. The summed E-state index contributed by atoms with van der Waals surface area (Å²) in [5, 5.41) is 11.4. The summed E-state index contributed by atoms with van der Waals surface area (Å²) in [5.41, 5.74) is 0. The second-order valence-corrected chi connectivity index (χ2v) is 8.01. The van der Waals surface area contributed by atoms with Crippen molar-refractivity contribution in [1.82, 2.24) is 10.2 Å². The van der Waals surface area contributed by atoms with E-state index in [0.717, 1.165) is 32.1 Å². The van der Waals surface area contributed by atoms with Gasteiger partial charge < -0.3 is 10.4 Å². The van der Waals surface area contributed by atoms with E-state index in [0.29, 0.717) is 19.6 Å². The first-order chi connectivity index (χ1) is 13.4. The summed E-state index contributed by atoms with van der Waals surface area (Å²) in [5.74, 6) is -3.32. The summed E-state index contributed by atoms with van der Waals surface area (Å²) < 4.78 is 26.2. The van der Waals surface area contributed by atoms with E-state index in [1.54, 1.807) is 4.90 Å². The molecule has 1 aliphatic rings. The molecule has 0 aliphatic carbocycles. The first-order valence-corrected chi connectivity index (χ1v) is 11.0. The molecule has 7 heteroatoms. The highest BCUT2D eigenvalue weighted by atomic mass is 19.3. The van der Waals surface area contributed by atoms with Crippen molar-refractivity contribution in [1.29, 1.82) is 0 Å². The SMILES string of the molecule is O=C(O)CCCCCCCCCCCCCNC(=O)CN1CCC(F)(F)CC1. The molecule has 0 aromatic rings. The van der Waals surface area contributed by atoms with Crippen LogP contribution in [0, 0.1) is 0 Å². The van der Waals surface area contributed by atoms with Crippen molar-refractivity contribution in [2.24, 2.45) is 0 Å². The third kappa shape index (κ3) is 13.9. The minimum atomic E-state index is -2.56. The zero-order chi connectivity index (χ0) is 20.7. The molecule has 5 nitrogen and oxygen atoms in total. The second-order valence-electron chi connectivity index (χ2n) is 8.01. The molecule has 1 heterocycles. The van der Waals surface area contributed by atoms with Gasteiger partial charge in [-0.25, -0.2) is 8.78 Å². The average molecular weight is 405 g/mol. The van der Waals surface area contributed by atoms with Crippen molar-refractivity contribution in [3.8, 4) is 0 Å². The second kappa shape index (κ2) is 14.7. The Morgan fingerprint density at radius 1 is 0.821 bits per heavy atom. The number of carboxylic acid groups (broad SMARTS) is 1. The summed E-state index contributed by atoms with van der Waals surface area (Å²) in [4.78, 5) is 24.0. The summed E-state index contributed by atoms with van der Waals surface area (Å²) >= 11 is 0. The van der Waals surface area contributed by atoms with Crippen molar-refractivity contribution in [2.45, 2.75) is 95.8 Å². The Bertz CT molecular complexity index is 437. The number of carbonyl (C=O) groups excluding carboxylic acids is 1. The maximum Gasteiger partial charge on any atom is 0.303 e. The van der Waals surface area contributed by atoms with Crippen molar-refractivity contribution < 1.29 is 23.5 Å². The van der Waals surface area contributed by atoms with Gasteiger partial charge in [0, 0.05) is 38.9 Å². The lowest BCUT2D eigenvalue weighted by Gasteiger charge is -2.31. The van der Waals surface area contributed by atoms with Gasteiger partial charge in [-0.15, -0.1) is 0 Å². The van der Waals surface area contributed by atoms with Crippen LogP contribution in [0.1, 0.15) is 89.9 Å². The number of hydrogen-bond acceptors (Lipinski definition) is 3. The van der Waals surface area contributed by atoms with Crippen LogP contribution >= 0.6 is 0 Å². The number of rotatable bonds is 16. The number of likely N-dealkylation sites (tertiary alicyclic amines) is 1. The molecule has 1 aliphatic heterocycles. The summed E-state index contributed by atoms with van der Waals surface area (Å²) in [6, 6.07) is 0. The van der Waals surface area contributed by atoms with Crippen molar-refractivity contribution in [3.63, 3.8) is 0 Å². The number of alkyl halides is 2. The number of nitrogens with zero attached hydrogens (tertiary/aromatic N) is 1. The van der Waals surface area contributed by atoms with Gasteiger partial charge in [-0.05, 0) is 12.8 Å². The molecule has 0 bridgehead atoms. The number of halogens is 2. The van der Waals surface area contributed by atoms with Crippen molar-refractivity contribution >= 4 is 11.9 Å². The smallest absolute Gasteiger partial charge is 0.303 e. The maximum absolute atomic E-state index is 13.1. The van der Waals surface area contributed by atoms with E-state index in [4.69, 9.17) is 5.11 Å². The molecule has 0 unspecified atom stereocenters. The molecule has 1 fully saturated rings. The van der Waals surface area contributed by atoms with Gasteiger partial charge >= 0.3 is 5.97 Å². The molecule has 1 saturated heterocycles. The predicted molar refractivity (Wildman–Crippen MR) is 107 cm³/mol. The normalized spacial score (nSPS) is 16.8. The largest absolute Gasteiger partial charge is 0.481 e. The van der Waals surface area contributed by atoms with Crippen LogP contribution in [0.25, 0.3) is 0 Å². The lowest BCUT2D eigenvalue weighted by Crippen LogP contribution is -2.44. The summed E-state index contributed by atoms with van der Waals surface area (Å²) in [6.45, 7) is 1.48. The summed E-state index contributed by atoms with van der Waals surface area (Å²) in [7, 11) is 0. The molecule has 0 radical (unpaired) electrons. The van der Waals surface area contributed by atoms with Gasteiger partial charge in [0.15, 0.2) is 0 Å². The topological polar surface area (TPSA) is 69.6 Å². The number of piperidine rings is 1. The van der Waals surface area contributed by atoms with Gasteiger partial charge in [0.1, 0.15) is 0 Å². The van der Waals surface area contributed by atoms with E-state index in [1.807, 2.05) is 0 Å². The Morgan fingerprint density at radius 2 is 1.29 bits per heavy atom. The summed E-state index contributed by atoms with van der Waals surface area (Å²) in [6.07, 6.45) is 12.3. The van der Waals surface area contributed by atoms with Crippen LogP contribution < -0.4 is 5.32 Å². The van der Waals surface area contributed by atoms with Gasteiger partial charge in [-0.1, -0.05) is 57.8 Å². The van der Waals surface area contributed by atoms with Crippen LogP contribution in [0.3, 0.4) is 0 Å². The Morgan fingerprint density at radius 3 is 1.79 bits per heavy atom. The monoisotopic (exact) mass is 404 g/mol. The Kier molecular flexibility index (Phi) is 13.0. The lowest BCUT2D eigenvalue weighted by atomic mass is 10.1. The molecule has 2 N–H and O–H groups in total. The minimum Gasteiger partial charge on any atom is -0.481 e. The molecule has 1 rings (SSSR count). The highest BCUT2D eigenvalue weighted by Crippen LogP contribution is 2.27. The molecular formula is C21H38F2N2O3. The van der Waals surface area contributed by atoms with E-state index in [2.05, 4.69) is 5.32 Å². The third-order valence-corrected chi connectivity index (χ3v) is 5.34. The number of nitrogens with one attached hydrogen (secondary N) is 1. The van der Waals surface area contributed by atoms with Gasteiger partial charge in [-0.2, -0.15) is 0 Å². The third-order valence-electron chi connectivity index (χ3n) is 5.34. The zero-order valence-corrected chi connectivity index (χ0v) is 17.2. The van der Waals surface area contributed by atoms with Crippen LogP contribution in [0.2, 0.25) is 0 Å². The number of carboxylic acids is 1. The van der Waals surface area contributed by atoms with Crippen LogP contribution in [0.15, 0.2) is 0 Å². The van der Waals surface area contributed by atoms with E-state index >= 15 is 0 Å². The fourth-order valence-electron chi connectivity index (χ4n) is 3.52. The van der Waals surface area contributed by atoms with Crippen LogP contribution in [-0.4, -0.2) is 54.0 Å². The molecular weight excluding hydrogens is 366 g/mol. The first kappa shape index (κ1) is 24.8. The zero-order valence-electron chi connectivity index (χ0n) is 17.2. The van der Waals surface area contributed by atoms with Gasteiger partial charge in [0.25, 0.3) is 5.92 Å². The van der Waals surface area contributed by atoms with Crippen LogP contribution in [0.5, 0.6) is 0 Å². The lowest BCUT2D eigenvalue weighted by molar-refractivity contribution is -0.137. The predicted octanol–water partition coefficient (Wildman–Crippen LogP) is 4.60. The number of hydrogen-bond donors (Lipinski definition) is 2. The number of carbonyl (C=O) groups is 2. The molecule has 0 aromatic carbocycles. The number of unbranched alkanes of at least 4 members (excludes halogenated alkanes) is 10. The highest BCUT2D eigenvalue weighted by Gasteiger charge is 2.34. The average Bonchev–Trinajstić information content (AvgIpc) is 2.63. The van der Waals surface area contributed by atoms with E-state index < -0.39 is 11.9 Å². The first-order valence-electron chi connectivity index (χ1n) is 11.0.